The highest BCUT2D eigenvalue weighted by Gasteiger charge is 2.23. The van der Waals surface area contributed by atoms with Gasteiger partial charge in [0.05, 0.1) is 0 Å². The molecule has 0 bridgehead atoms. The van der Waals surface area contributed by atoms with E-state index in [1.54, 1.807) is 0 Å². The van der Waals surface area contributed by atoms with Crippen LogP contribution in [0.1, 0.15) is 59.8 Å². The van der Waals surface area contributed by atoms with E-state index in [0.717, 1.165) is 0 Å². The normalized spacial score (nSPS) is 27.8. The van der Waals surface area contributed by atoms with E-state index in [0.29, 0.717) is 30.2 Å². The monoisotopic (exact) mass is 225 g/mol. The topological polar surface area (TPSA) is 29.1 Å². The number of rotatable bonds is 4. The van der Waals surface area contributed by atoms with Crippen LogP contribution in [0.2, 0.25) is 0 Å². The Labute approximate surface area is 100 Å². The van der Waals surface area contributed by atoms with E-state index in [4.69, 9.17) is 0 Å². The minimum Gasteiger partial charge on any atom is -0.353 e. The number of hydrogen-bond donors (Lipinski definition) is 1. The van der Waals surface area contributed by atoms with Crippen LogP contribution in [-0.4, -0.2) is 11.9 Å². The average Bonchev–Trinajstić information content (AvgIpc) is 2.21. The molecule has 0 heterocycles. The van der Waals surface area contributed by atoms with Gasteiger partial charge in [-0.15, -0.1) is 0 Å². The van der Waals surface area contributed by atoms with E-state index in [1.165, 1.54) is 25.7 Å². The van der Waals surface area contributed by atoms with Gasteiger partial charge in [-0.25, -0.2) is 0 Å². The molecule has 2 nitrogen and oxygen atoms in total. The summed E-state index contributed by atoms with van der Waals surface area (Å²) in [7, 11) is 0. The predicted molar refractivity (Wildman–Crippen MR) is 68.2 cm³/mol. The maximum absolute atomic E-state index is 11.9. The van der Waals surface area contributed by atoms with Crippen molar-refractivity contribution in [2.24, 2.45) is 17.8 Å². The molecule has 0 aliphatic heterocycles. The molecule has 0 aromatic rings. The fourth-order valence-electron chi connectivity index (χ4n) is 2.32. The predicted octanol–water partition coefficient (Wildman–Crippen LogP) is 3.36. The van der Waals surface area contributed by atoms with Gasteiger partial charge in [0.25, 0.3) is 0 Å². The summed E-state index contributed by atoms with van der Waals surface area (Å²) in [6, 6.07) is 0.431. The molecule has 0 saturated heterocycles. The summed E-state index contributed by atoms with van der Waals surface area (Å²) in [4.78, 5) is 11.9. The quantitative estimate of drug-likeness (QED) is 0.781. The summed E-state index contributed by atoms with van der Waals surface area (Å²) in [5.74, 6) is 1.99. The van der Waals surface area contributed by atoms with E-state index in [2.05, 4.69) is 33.0 Å². The molecule has 1 rings (SSSR count). The molecule has 0 unspecified atom stereocenters. The van der Waals surface area contributed by atoms with Crippen LogP contribution < -0.4 is 5.32 Å². The van der Waals surface area contributed by atoms with Gasteiger partial charge >= 0.3 is 0 Å². The molecule has 0 aromatic carbocycles. The molecule has 94 valence electrons. The Hall–Kier alpha value is -0.530. The van der Waals surface area contributed by atoms with Crippen molar-refractivity contribution in [3.05, 3.63) is 0 Å². The lowest BCUT2D eigenvalue weighted by atomic mass is 9.85. The first-order chi connectivity index (χ1) is 7.50. The van der Waals surface area contributed by atoms with Crippen molar-refractivity contribution in [2.45, 2.75) is 65.8 Å². The Morgan fingerprint density at radius 3 is 2.44 bits per heavy atom. The largest absolute Gasteiger partial charge is 0.353 e. The Bertz CT molecular complexity index is 225. The maximum Gasteiger partial charge on any atom is 0.220 e. The third-order valence-electron chi connectivity index (χ3n) is 4.10. The molecule has 0 spiro atoms. The zero-order valence-corrected chi connectivity index (χ0v) is 11.3. The second-order valence-electron chi connectivity index (χ2n) is 5.86. The van der Waals surface area contributed by atoms with Gasteiger partial charge in [-0.05, 0) is 30.6 Å². The van der Waals surface area contributed by atoms with Crippen LogP contribution in [0.25, 0.3) is 0 Å². The van der Waals surface area contributed by atoms with Crippen molar-refractivity contribution in [3.8, 4) is 0 Å². The van der Waals surface area contributed by atoms with Crippen LogP contribution in [-0.2, 0) is 4.79 Å². The van der Waals surface area contributed by atoms with Crippen molar-refractivity contribution >= 4 is 5.91 Å². The van der Waals surface area contributed by atoms with Gasteiger partial charge in [-0.1, -0.05) is 40.5 Å². The van der Waals surface area contributed by atoms with Crippen molar-refractivity contribution in [3.63, 3.8) is 0 Å². The van der Waals surface area contributed by atoms with Crippen LogP contribution in [0.3, 0.4) is 0 Å². The number of carbonyl (C=O) groups is 1. The van der Waals surface area contributed by atoms with Crippen molar-refractivity contribution in [1.82, 2.24) is 5.32 Å². The molecule has 3 atom stereocenters. The molecule has 1 aliphatic rings. The molecule has 1 N–H and O–H groups in total. The second kappa shape index (κ2) is 6.27. The van der Waals surface area contributed by atoms with E-state index in [-0.39, 0.29) is 5.91 Å². The molecule has 1 saturated carbocycles. The minimum atomic E-state index is 0.250. The molecule has 1 amide bonds. The zero-order chi connectivity index (χ0) is 12.1. The van der Waals surface area contributed by atoms with Gasteiger partial charge < -0.3 is 5.32 Å². The van der Waals surface area contributed by atoms with Gasteiger partial charge in [0, 0.05) is 12.5 Å². The van der Waals surface area contributed by atoms with Crippen LogP contribution in [0.5, 0.6) is 0 Å². The minimum absolute atomic E-state index is 0.250. The molecular weight excluding hydrogens is 198 g/mol. The van der Waals surface area contributed by atoms with E-state index >= 15 is 0 Å². The summed E-state index contributed by atoms with van der Waals surface area (Å²) in [5, 5.41) is 3.22. The summed E-state index contributed by atoms with van der Waals surface area (Å²) < 4.78 is 0. The van der Waals surface area contributed by atoms with Crippen LogP contribution in [0, 0.1) is 17.8 Å². The number of nitrogens with one attached hydrogen (secondary N) is 1. The summed E-state index contributed by atoms with van der Waals surface area (Å²) >= 11 is 0. The zero-order valence-electron chi connectivity index (χ0n) is 11.3. The number of carbonyl (C=O) groups excluding carboxylic acids is 1. The lowest BCUT2D eigenvalue weighted by Gasteiger charge is -2.30. The molecule has 1 fully saturated rings. The molecule has 1 aliphatic carbocycles. The lowest BCUT2D eigenvalue weighted by Crippen LogP contribution is -2.41. The molecule has 0 aromatic heterocycles. The summed E-state index contributed by atoms with van der Waals surface area (Å²) in [5.41, 5.74) is 0. The smallest absolute Gasteiger partial charge is 0.220 e. The number of amides is 1. The molecule has 2 heteroatoms. The van der Waals surface area contributed by atoms with Gasteiger partial charge in [-0.2, -0.15) is 0 Å². The average molecular weight is 225 g/mol. The number of hydrogen-bond acceptors (Lipinski definition) is 1. The van der Waals surface area contributed by atoms with E-state index in [1.807, 2.05) is 0 Å². The highest BCUT2D eigenvalue weighted by molar-refractivity contribution is 5.76. The van der Waals surface area contributed by atoms with Crippen LogP contribution in [0.15, 0.2) is 0 Å². The van der Waals surface area contributed by atoms with Crippen molar-refractivity contribution in [1.29, 1.82) is 0 Å². The molecule has 16 heavy (non-hydrogen) atoms. The van der Waals surface area contributed by atoms with E-state index in [9.17, 15) is 4.79 Å². The first-order valence-corrected chi connectivity index (χ1v) is 6.80. The Kier molecular flexibility index (Phi) is 5.30. The fraction of sp³-hybridized carbons (Fsp3) is 0.929. The Balaban J connectivity index is 2.32. The highest BCUT2D eigenvalue weighted by Crippen LogP contribution is 2.24. The molecular formula is C14H27NO. The maximum atomic E-state index is 11.9. The van der Waals surface area contributed by atoms with Gasteiger partial charge in [-0.3, -0.25) is 4.79 Å². The molecule has 0 radical (unpaired) electrons. The SMILES string of the molecule is CC(C)[C@H](C)CC(=O)N[C@H]1CCCC[C@H]1C. The van der Waals surface area contributed by atoms with Crippen molar-refractivity contribution in [2.75, 3.05) is 0 Å². The van der Waals surface area contributed by atoms with Crippen molar-refractivity contribution < 1.29 is 4.79 Å². The third-order valence-corrected chi connectivity index (χ3v) is 4.10. The Morgan fingerprint density at radius 1 is 1.25 bits per heavy atom. The summed E-state index contributed by atoms with van der Waals surface area (Å²) in [6.07, 6.45) is 5.72. The second-order valence-corrected chi connectivity index (χ2v) is 5.86. The third kappa shape index (κ3) is 4.15. The van der Waals surface area contributed by atoms with Gasteiger partial charge in [0.1, 0.15) is 0 Å². The first kappa shape index (κ1) is 13.5. The lowest BCUT2D eigenvalue weighted by molar-refractivity contribution is -0.123. The van der Waals surface area contributed by atoms with E-state index < -0.39 is 0 Å². The highest BCUT2D eigenvalue weighted by atomic mass is 16.1. The fourth-order valence-corrected chi connectivity index (χ4v) is 2.32. The van der Waals surface area contributed by atoms with Crippen LogP contribution in [0.4, 0.5) is 0 Å². The van der Waals surface area contributed by atoms with Gasteiger partial charge in [0.15, 0.2) is 0 Å². The summed E-state index contributed by atoms with van der Waals surface area (Å²) in [6.45, 7) is 8.78. The van der Waals surface area contributed by atoms with Crippen LogP contribution >= 0.6 is 0 Å². The first-order valence-electron chi connectivity index (χ1n) is 6.80. The standard InChI is InChI=1S/C14H27NO/c1-10(2)12(4)9-14(16)15-13-8-6-5-7-11(13)3/h10-13H,5-9H2,1-4H3,(H,15,16)/t11-,12-,13+/m1/s1. The van der Waals surface area contributed by atoms with Gasteiger partial charge in [0.2, 0.25) is 5.91 Å². The Morgan fingerprint density at radius 2 is 1.88 bits per heavy atom.